The van der Waals surface area contributed by atoms with Gasteiger partial charge in [0.05, 0.1) is 5.38 Å². The first-order valence-corrected chi connectivity index (χ1v) is 7.00. The van der Waals surface area contributed by atoms with Gasteiger partial charge in [0.2, 0.25) is 5.91 Å². The highest BCUT2D eigenvalue weighted by Gasteiger charge is 2.38. The van der Waals surface area contributed by atoms with E-state index in [1.165, 1.54) is 25.7 Å². The molecule has 1 amide bonds. The Kier molecular flexibility index (Phi) is 3.78. The van der Waals surface area contributed by atoms with Crippen molar-refractivity contribution in [3.05, 3.63) is 0 Å². The molecule has 2 unspecified atom stereocenters. The fourth-order valence-corrected chi connectivity index (χ4v) is 3.32. The third-order valence-corrected chi connectivity index (χ3v) is 4.78. The molecule has 2 rings (SSSR count). The average molecular weight is 244 g/mol. The molecule has 1 N–H and O–H groups in total. The Morgan fingerprint density at radius 2 is 1.81 bits per heavy atom. The summed E-state index contributed by atoms with van der Waals surface area (Å²) in [5.41, 5.74) is -0.117. The zero-order valence-corrected chi connectivity index (χ0v) is 10.9. The number of nitrogens with one attached hydrogen (secondary N) is 1. The van der Waals surface area contributed by atoms with E-state index in [1.54, 1.807) is 0 Å². The summed E-state index contributed by atoms with van der Waals surface area (Å²) >= 11 is 6.26. The van der Waals surface area contributed by atoms with E-state index in [-0.39, 0.29) is 22.7 Å². The molecule has 2 aliphatic carbocycles. The number of halogens is 1. The SMILES string of the molecule is CC1(C(=O)NC2CCCCC2Cl)CCCC1. The Morgan fingerprint density at radius 1 is 1.19 bits per heavy atom. The van der Waals surface area contributed by atoms with Gasteiger partial charge in [-0.3, -0.25) is 4.79 Å². The van der Waals surface area contributed by atoms with Gasteiger partial charge in [0.15, 0.2) is 0 Å². The first-order chi connectivity index (χ1) is 7.62. The summed E-state index contributed by atoms with van der Waals surface area (Å²) in [6, 6.07) is 0.209. The maximum absolute atomic E-state index is 12.2. The van der Waals surface area contributed by atoms with E-state index in [9.17, 15) is 4.79 Å². The number of carbonyl (C=O) groups excluding carboxylic acids is 1. The second kappa shape index (κ2) is 4.95. The minimum atomic E-state index is -0.117. The van der Waals surface area contributed by atoms with Crippen molar-refractivity contribution in [1.29, 1.82) is 0 Å². The van der Waals surface area contributed by atoms with E-state index in [2.05, 4.69) is 12.2 Å². The lowest BCUT2D eigenvalue weighted by Gasteiger charge is -2.31. The van der Waals surface area contributed by atoms with Gasteiger partial charge in [-0.05, 0) is 25.7 Å². The van der Waals surface area contributed by atoms with Gasteiger partial charge in [-0.15, -0.1) is 11.6 Å². The summed E-state index contributed by atoms with van der Waals surface area (Å²) in [6.07, 6.45) is 8.97. The number of rotatable bonds is 2. The Hall–Kier alpha value is -0.240. The number of hydrogen-bond acceptors (Lipinski definition) is 1. The summed E-state index contributed by atoms with van der Waals surface area (Å²) in [5, 5.41) is 3.32. The topological polar surface area (TPSA) is 29.1 Å². The van der Waals surface area contributed by atoms with Gasteiger partial charge in [-0.2, -0.15) is 0 Å². The predicted molar refractivity (Wildman–Crippen MR) is 66.6 cm³/mol. The molecule has 0 aromatic heterocycles. The zero-order chi connectivity index (χ0) is 11.6. The van der Waals surface area contributed by atoms with Crippen molar-refractivity contribution < 1.29 is 4.79 Å². The fourth-order valence-electron chi connectivity index (χ4n) is 2.97. The van der Waals surface area contributed by atoms with E-state index >= 15 is 0 Å². The molecule has 2 atom stereocenters. The van der Waals surface area contributed by atoms with Gasteiger partial charge in [-0.1, -0.05) is 32.6 Å². The largest absolute Gasteiger partial charge is 0.351 e. The maximum atomic E-state index is 12.2. The van der Waals surface area contributed by atoms with Crippen LogP contribution in [-0.2, 0) is 4.79 Å². The number of hydrogen-bond donors (Lipinski definition) is 1. The van der Waals surface area contributed by atoms with Crippen LogP contribution in [0.15, 0.2) is 0 Å². The summed E-state index contributed by atoms with van der Waals surface area (Å²) in [7, 11) is 0. The second-order valence-corrected chi connectivity index (χ2v) is 6.21. The number of alkyl halides is 1. The van der Waals surface area contributed by atoms with Gasteiger partial charge in [0.25, 0.3) is 0 Å². The Balaban J connectivity index is 1.90. The van der Waals surface area contributed by atoms with Crippen LogP contribution in [0.2, 0.25) is 0 Å². The molecule has 92 valence electrons. The lowest BCUT2D eigenvalue weighted by atomic mass is 9.86. The smallest absolute Gasteiger partial charge is 0.226 e. The molecule has 2 fully saturated rings. The Morgan fingerprint density at radius 3 is 2.44 bits per heavy atom. The van der Waals surface area contributed by atoms with Crippen LogP contribution >= 0.6 is 11.6 Å². The van der Waals surface area contributed by atoms with Crippen molar-refractivity contribution in [3.63, 3.8) is 0 Å². The van der Waals surface area contributed by atoms with Crippen LogP contribution in [0.5, 0.6) is 0 Å². The molecule has 2 aliphatic rings. The van der Waals surface area contributed by atoms with Crippen molar-refractivity contribution in [2.75, 3.05) is 0 Å². The van der Waals surface area contributed by atoms with Crippen LogP contribution in [0.4, 0.5) is 0 Å². The molecule has 0 aromatic rings. The van der Waals surface area contributed by atoms with Gasteiger partial charge in [0.1, 0.15) is 0 Å². The minimum absolute atomic E-state index is 0.117. The summed E-state index contributed by atoms with van der Waals surface area (Å²) < 4.78 is 0. The quantitative estimate of drug-likeness (QED) is 0.742. The molecular weight excluding hydrogens is 222 g/mol. The predicted octanol–water partition coefficient (Wildman–Crippen LogP) is 3.23. The Labute approximate surface area is 103 Å². The van der Waals surface area contributed by atoms with E-state index in [0.717, 1.165) is 25.7 Å². The lowest BCUT2D eigenvalue weighted by Crippen LogP contribution is -2.48. The van der Waals surface area contributed by atoms with Crippen molar-refractivity contribution in [1.82, 2.24) is 5.32 Å². The summed E-state index contributed by atoms with van der Waals surface area (Å²) in [6.45, 7) is 2.10. The highest BCUT2D eigenvalue weighted by molar-refractivity contribution is 6.21. The Bertz CT molecular complexity index is 261. The highest BCUT2D eigenvalue weighted by Crippen LogP contribution is 2.38. The van der Waals surface area contributed by atoms with Gasteiger partial charge < -0.3 is 5.32 Å². The van der Waals surface area contributed by atoms with E-state index < -0.39 is 0 Å². The van der Waals surface area contributed by atoms with Crippen LogP contribution in [0.1, 0.15) is 58.3 Å². The highest BCUT2D eigenvalue weighted by atomic mass is 35.5. The molecule has 2 saturated carbocycles. The molecule has 0 radical (unpaired) electrons. The van der Waals surface area contributed by atoms with Crippen LogP contribution in [0.25, 0.3) is 0 Å². The standard InChI is InChI=1S/C13H22ClNO/c1-13(8-4-5-9-13)12(16)15-11-7-3-2-6-10(11)14/h10-11H,2-9H2,1H3,(H,15,16). The van der Waals surface area contributed by atoms with Gasteiger partial charge >= 0.3 is 0 Å². The minimum Gasteiger partial charge on any atom is -0.351 e. The molecule has 0 saturated heterocycles. The summed E-state index contributed by atoms with van der Waals surface area (Å²) in [5.74, 6) is 0.238. The second-order valence-electron chi connectivity index (χ2n) is 5.65. The van der Waals surface area contributed by atoms with Crippen molar-refractivity contribution >= 4 is 17.5 Å². The van der Waals surface area contributed by atoms with E-state index in [1.807, 2.05) is 0 Å². The van der Waals surface area contributed by atoms with Crippen molar-refractivity contribution in [2.45, 2.75) is 69.7 Å². The van der Waals surface area contributed by atoms with Gasteiger partial charge in [-0.25, -0.2) is 0 Å². The number of amides is 1. The van der Waals surface area contributed by atoms with Crippen molar-refractivity contribution in [3.8, 4) is 0 Å². The first kappa shape index (κ1) is 12.2. The molecule has 0 aliphatic heterocycles. The number of carbonyl (C=O) groups is 1. The third-order valence-electron chi connectivity index (χ3n) is 4.25. The molecule has 2 nitrogen and oxygen atoms in total. The van der Waals surface area contributed by atoms with Crippen LogP contribution in [-0.4, -0.2) is 17.3 Å². The monoisotopic (exact) mass is 243 g/mol. The van der Waals surface area contributed by atoms with Crippen LogP contribution < -0.4 is 5.32 Å². The molecule has 16 heavy (non-hydrogen) atoms. The normalized spacial score (nSPS) is 33.6. The molecule has 0 bridgehead atoms. The van der Waals surface area contributed by atoms with Crippen LogP contribution in [0, 0.1) is 5.41 Å². The first-order valence-electron chi connectivity index (χ1n) is 6.57. The lowest BCUT2D eigenvalue weighted by molar-refractivity contribution is -0.130. The average Bonchev–Trinajstić information content (AvgIpc) is 2.70. The van der Waals surface area contributed by atoms with Gasteiger partial charge in [0, 0.05) is 11.5 Å². The van der Waals surface area contributed by atoms with E-state index in [4.69, 9.17) is 11.6 Å². The molecule has 0 heterocycles. The molecule has 0 aromatic carbocycles. The summed E-state index contributed by atoms with van der Waals surface area (Å²) in [4.78, 5) is 12.2. The van der Waals surface area contributed by atoms with Crippen molar-refractivity contribution in [2.24, 2.45) is 5.41 Å². The zero-order valence-electron chi connectivity index (χ0n) is 10.1. The molecule has 0 spiro atoms. The van der Waals surface area contributed by atoms with Crippen LogP contribution in [0.3, 0.4) is 0 Å². The maximum Gasteiger partial charge on any atom is 0.226 e. The van der Waals surface area contributed by atoms with E-state index in [0.29, 0.717) is 0 Å². The molecular formula is C13H22ClNO. The third kappa shape index (κ3) is 2.53. The fraction of sp³-hybridized carbons (Fsp3) is 0.923. The molecule has 3 heteroatoms.